The van der Waals surface area contributed by atoms with Gasteiger partial charge >= 0.3 is 6.03 Å². The van der Waals surface area contributed by atoms with E-state index in [-0.39, 0.29) is 6.03 Å². The lowest BCUT2D eigenvalue weighted by Gasteiger charge is -2.06. The molecule has 1 aliphatic rings. The Labute approximate surface area is 100 Å². The van der Waals surface area contributed by atoms with E-state index in [4.69, 9.17) is 11.6 Å². The molecule has 2 N–H and O–H groups in total. The van der Waals surface area contributed by atoms with Crippen molar-refractivity contribution in [3.05, 3.63) is 34.9 Å². The number of amides is 2. The molecule has 3 nitrogen and oxygen atoms in total. The molecule has 1 fully saturated rings. The van der Waals surface area contributed by atoms with Gasteiger partial charge in [0.2, 0.25) is 0 Å². The average Bonchev–Trinajstić information content (AvgIpc) is 3.05. The smallest absolute Gasteiger partial charge is 0.315 e. The highest BCUT2D eigenvalue weighted by Crippen LogP contribution is 2.18. The molecular weight excluding hydrogens is 224 g/mol. The molecule has 0 spiro atoms. The van der Waals surface area contributed by atoms with Crippen LogP contribution >= 0.6 is 11.6 Å². The van der Waals surface area contributed by atoms with Gasteiger partial charge in [0.05, 0.1) is 0 Å². The molecule has 0 aliphatic heterocycles. The van der Waals surface area contributed by atoms with Crippen LogP contribution in [-0.2, 0) is 6.42 Å². The number of urea groups is 1. The first kappa shape index (κ1) is 11.3. The number of benzene rings is 1. The summed E-state index contributed by atoms with van der Waals surface area (Å²) in [6, 6.07) is 8.03. The largest absolute Gasteiger partial charge is 0.338 e. The van der Waals surface area contributed by atoms with E-state index in [1.54, 1.807) is 0 Å². The lowest BCUT2D eigenvalue weighted by atomic mass is 10.1. The fourth-order valence-electron chi connectivity index (χ4n) is 1.44. The van der Waals surface area contributed by atoms with Crippen LogP contribution in [-0.4, -0.2) is 18.6 Å². The fourth-order valence-corrected chi connectivity index (χ4v) is 1.56. The molecule has 1 saturated carbocycles. The van der Waals surface area contributed by atoms with E-state index < -0.39 is 0 Å². The van der Waals surface area contributed by atoms with Gasteiger partial charge in [-0.25, -0.2) is 4.79 Å². The maximum absolute atomic E-state index is 11.3. The quantitative estimate of drug-likeness (QED) is 0.831. The van der Waals surface area contributed by atoms with Crippen molar-refractivity contribution in [3.63, 3.8) is 0 Å². The van der Waals surface area contributed by atoms with Crippen LogP contribution in [0.25, 0.3) is 0 Å². The van der Waals surface area contributed by atoms with Crippen LogP contribution in [0.5, 0.6) is 0 Å². The van der Waals surface area contributed by atoms with Gasteiger partial charge in [0.25, 0.3) is 0 Å². The summed E-state index contributed by atoms with van der Waals surface area (Å²) in [4.78, 5) is 11.3. The number of halogens is 1. The van der Waals surface area contributed by atoms with Crippen LogP contribution in [0.3, 0.4) is 0 Å². The second-order valence-electron chi connectivity index (χ2n) is 4.05. The van der Waals surface area contributed by atoms with Crippen molar-refractivity contribution in [2.24, 2.45) is 0 Å². The number of carbonyl (C=O) groups excluding carboxylic acids is 1. The van der Waals surface area contributed by atoms with Crippen LogP contribution in [0, 0.1) is 0 Å². The van der Waals surface area contributed by atoms with Gasteiger partial charge in [-0.15, -0.1) is 0 Å². The van der Waals surface area contributed by atoms with E-state index in [1.165, 1.54) is 5.56 Å². The third kappa shape index (κ3) is 3.74. The number of rotatable bonds is 4. The van der Waals surface area contributed by atoms with Gasteiger partial charge in [-0.3, -0.25) is 0 Å². The standard InChI is InChI=1S/C12H15ClN2O/c13-10-3-1-9(2-4-10)7-8-14-12(16)15-11-5-6-11/h1-4,11H,5-8H2,(H2,14,15,16). The van der Waals surface area contributed by atoms with Crippen molar-refractivity contribution in [1.29, 1.82) is 0 Å². The summed E-state index contributed by atoms with van der Waals surface area (Å²) in [6.07, 6.45) is 3.06. The maximum atomic E-state index is 11.3. The second-order valence-corrected chi connectivity index (χ2v) is 4.49. The predicted molar refractivity (Wildman–Crippen MR) is 64.7 cm³/mol. The molecule has 0 saturated heterocycles. The summed E-state index contributed by atoms with van der Waals surface area (Å²) >= 11 is 5.78. The van der Waals surface area contributed by atoms with Crippen molar-refractivity contribution < 1.29 is 4.79 Å². The van der Waals surface area contributed by atoms with E-state index in [1.807, 2.05) is 24.3 Å². The zero-order valence-corrected chi connectivity index (χ0v) is 9.76. The maximum Gasteiger partial charge on any atom is 0.315 e. The Morgan fingerprint density at radius 2 is 2.00 bits per heavy atom. The molecule has 2 rings (SSSR count). The van der Waals surface area contributed by atoms with Crippen molar-refractivity contribution in [3.8, 4) is 0 Å². The Kier molecular flexibility index (Phi) is 3.67. The van der Waals surface area contributed by atoms with E-state index >= 15 is 0 Å². The van der Waals surface area contributed by atoms with Crippen LogP contribution in [0.2, 0.25) is 5.02 Å². The van der Waals surface area contributed by atoms with E-state index in [0.29, 0.717) is 12.6 Å². The van der Waals surface area contributed by atoms with Crippen molar-refractivity contribution in [1.82, 2.24) is 10.6 Å². The van der Waals surface area contributed by atoms with Gasteiger partial charge in [0.1, 0.15) is 0 Å². The number of hydrogen-bond donors (Lipinski definition) is 2. The zero-order chi connectivity index (χ0) is 11.4. The molecule has 0 aromatic heterocycles. The summed E-state index contributed by atoms with van der Waals surface area (Å²) in [7, 11) is 0. The summed E-state index contributed by atoms with van der Waals surface area (Å²) in [5, 5.41) is 6.45. The van der Waals surface area contributed by atoms with Crippen molar-refractivity contribution >= 4 is 17.6 Å². The summed E-state index contributed by atoms with van der Waals surface area (Å²) in [5.74, 6) is 0. The van der Waals surface area contributed by atoms with E-state index in [2.05, 4.69) is 10.6 Å². The van der Waals surface area contributed by atoms with Gasteiger partial charge in [0.15, 0.2) is 0 Å². The molecule has 0 unspecified atom stereocenters. The van der Waals surface area contributed by atoms with Gasteiger partial charge in [-0.05, 0) is 37.0 Å². The Morgan fingerprint density at radius 3 is 2.62 bits per heavy atom. The third-order valence-electron chi connectivity index (χ3n) is 2.53. The van der Waals surface area contributed by atoms with Crippen LogP contribution < -0.4 is 10.6 Å². The van der Waals surface area contributed by atoms with Crippen LogP contribution in [0.15, 0.2) is 24.3 Å². The Hall–Kier alpha value is -1.22. The first-order valence-corrected chi connectivity index (χ1v) is 5.90. The van der Waals surface area contributed by atoms with Crippen LogP contribution in [0.4, 0.5) is 4.79 Å². The molecule has 0 atom stereocenters. The summed E-state index contributed by atoms with van der Waals surface area (Å²) in [6.45, 7) is 0.653. The Balaban J connectivity index is 1.66. The first-order valence-electron chi connectivity index (χ1n) is 5.53. The highest BCUT2D eigenvalue weighted by Gasteiger charge is 2.22. The normalized spacial score (nSPS) is 14.6. The minimum Gasteiger partial charge on any atom is -0.338 e. The first-order chi connectivity index (χ1) is 7.74. The zero-order valence-electron chi connectivity index (χ0n) is 9.00. The third-order valence-corrected chi connectivity index (χ3v) is 2.78. The lowest BCUT2D eigenvalue weighted by Crippen LogP contribution is -2.37. The predicted octanol–water partition coefficient (Wildman–Crippen LogP) is 2.34. The minimum absolute atomic E-state index is 0.0588. The van der Waals surface area contributed by atoms with E-state index in [9.17, 15) is 4.79 Å². The Bertz CT molecular complexity index is 360. The number of hydrogen-bond acceptors (Lipinski definition) is 1. The summed E-state index contributed by atoms with van der Waals surface area (Å²) < 4.78 is 0. The molecule has 1 aromatic rings. The van der Waals surface area contributed by atoms with Gasteiger partial charge in [-0.1, -0.05) is 23.7 Å². The molecule has 2 amide bonds. The van der Waals surface area contributed by atoms with E-state index in [0.717, 1.165) is 24.3 Å². The van der Waals surface area contributed by atoms with Gasteiger partial charge in [0, 0.05) is 17.6 Å². The van der Waals surface area contributed by atoms with Gasteiger partial charge in [-0.2, -0.15) is 0 Å². The number of nitrogens with one attached hydrogen (secondary N) is 2. The molecule has 4 heteroatoms. The highest BCUT2D eigenvalue weighted by molar-refractivity contribution is 6.30. The molecule has 1 aromatic carbocycles. The second kappa shape index (κ2) is 5.21. The number of carbonyl (C=O) groups is 1. The lowest BCUT2D eigenvalue weighted by molar-refractivity contribution is 0.240. The minimum atomic E-state index is -0.0588. The molecule has 1 aliphatic carbocycles. The summed E-state index contributed by atoms with van der Waals surface area (Å²) in [5.41, 5.74) is 1.18. The molecule has 0 radical (unpaired) electrons. The van der Waals surface area contributed by atoms with Crippen LogP contribution in [0.1, 0.15) is 18.4 Å². The van der Waals surface area contributed by atoms with Crippen molar-refractivity contribution in [2.75, 3.05) is 6.54 Å². The van der Waals surface area contributed by atoms with Gasteiger partial charge < -0.3 is 10.6 Å². The molecule has 0 bridgehead atoms. The molecule has 86 valence electrons. The average molecular weight is 239 g/mol. The monoisotopic (exact) mass is 238 g/mol. The fraction of sp³-hybridized carbons (Fsp3) is 0.417. The molecular formula is C12H15ClN2O. The Morgan fingerprint density at radius 1 is 1.31 bits per heavy atom. The van der Waals surface area contributed by atoms with Crippen molar-refractivity contribution in [2.45, 2.75) is 25.3 Å². The highest BCUT2D eigenvalue weighted by atomic mass is 35.5. The SMILES string of the molecule is O=C(NCCc1ccc(Cl)cc1)NC1CC1. The topological polar surface area (TPSA) is 41.1 Å². The molecule has 0 heterocycles. The molecule has 16 heavy (non-hydrogen) atoms.